The van der Waals surface area contributed by atoms with Crippen LogP contribution in [-0.2, 0) is 6.42 Å². The Labute approximate surface area is 109 Å². The molecule has 1 aromatic heterocycles. The van der Waals surface area contributed by atoms with E-state index in [1.54, 1.807) is 24.4 Å². The maximum Gasteiger partial charge on any atom is 0.168 e. The van der Waals surface area contributed by atoms with Gasteiger partial charge in [-0.05, 0) is 25.1 Å². The van der Waals surface area contributed by atoms with Crippen molar-refractivity contribution in [2.45, 2.75) is 12.5 Å². The number of halogens is 1. The van der Waals surface area contributed by atoms with Crippen molar-refractivity contribution in [3.63, 3.8) is 0 Å². The van der Waals surface area contributed by atoms with Crippen LogP contribution in [0, 0.1) is 5.82 Å². The molecular formula is C12H14FN3OS. The van der Waals surface area contributed by atoms with Crippen LogP contribution in [-0.4, -0.2) is 22.9 Å². The summed E-state index contributed by atoms with van der Waals surface area (Å²) >= 11 is 1.15. The highest BCUT2D eigenvalue weighted by atomic mass is 32.1. The predicted octanol–water partition coefficient (Wildman–Crippen LogP) is 2.19. The molecule has 0 fully saturated rings. The van der Waals surface area contributed by atoms with Crippen LogP contribution in [0.25, 0.3) is 0 Å². The van der Waals surface area contributed by atoms with E-state index in [1.165, 1.54) is 7.11 Å². The number of hydrogen-bond acceptors (Lipinski definition) is 5. The second-order valence-corrected chi connectivity index (χ2v) is 4.37. The van der Waals surface area contributed by atoms with Crippen molar-refractivity contribution in [3.8, 4) is 5.75 Å². The zero-order valence-electron chi connectivity index (χ0n) is 10.2. The van der Waals surface area contributed by atoms with Crippen molar-refractivity contribution in [1.29, 1.82) is 0 Å². The van der Waals surface area contributed by atoms with Crippen LogP contribution in [0.1, 0.15) is 17.3 Å². The molecule has 0 aliphatic carbocycles. The van der Waals surface area contributed by atoms with Crippen LogP contribution in [0.5, 0.6) is 5.75 Å². The van der Waals surface area contributed by atoms with Gasteiger partial charge in [-0.1, -0.05) is 12.1 Å². The van der Waals surface area contributed by atoms with Crippen molar-refractivity contribution in [3.05, 3.63) is 41.5 Å². The Morgan fingerprint density at radius 1 is 1.50 bits per heavy atom. The summed E-state index contributed by atoms with van der Waals surface area (Å²) in [6, 6.07) is 5.09. The number of benzene rings is 1. The first-order chi connectivity index (χ1) is 8.76. The second kappa shape index (κ2) is 5.88. The van der Waals surface area contributed by atoms with Crippen molar-refractivity contribution in [2.75, 3.05) is 14.2 Å². The van der Waals surface area contributed by atoms with Gasteiger partial charge < -0.3 is 10.1 Å². The van der Waals surface area contributed by atoms with E-state index in [-0.39, 0.29) is 17.6 Å². The highest BCUT2D eigenvalue weighted by Crippen LogP contribution is 2.24. The van der Waals surface area contributed by atoms with Crippen LogP contribution in [0.2, 0.25) is 0 Å². The zero-order valence-corrected chi connectivity index (χ0v) is 11.0. The number of aromatic nitrogens is 2. The standard InChI is InChI=1S/C12H14FN3OS/c1-14-9(10-7-15-18-16-10)6-8-4-3-5-11(17-2)12(8)13/h3-5,7,9,14H,6H2,1-2H3. The molecule has 1 heterocycles. The van der Waals surface area contributed by atoms with Crippen LogP contribution in [0.4, 0.5) is 4.39 Å². The minimum absolute atomic E-state index is 0.0506. The summed E-state index contributed by atoms with van der Waals surface area (Å²) < 4.78 is 27.1. The third-order valence-corrected chi connectivity index (χ3v) is 3.26. The number of ether oxygens (including phenoxy) is 1. The quantitative estimate of drug-likeness (QED) is 0.902. The number of methoxy groups -OCH3 is 1. The molecule has 6 heteroatoms. The first kappa shape index (κ1) is 12.9. The Morgan fingerprint density at radius 2 is 2.33 bits per heavy atom. The maximum atomic E-state index is 14.0. The molecule has 0 radical (unpaired) electrons. The molecule has 1 unspecified atom stereocenters. The zero-order chi connectivity index (χ0) is 13.0. The molecule has 1 N–H and O–H groups in total. The van der Waals surface area contributed by atoms with Gasteiger partial charge in [0.15, 0.2) is 11.6 Å². The van der Waals surface area contributed by atoms with E-state index >= 15 is 0 Å². The topological polar surface area (TPSA) is 47.0 Å². The van der Waals surface area contributed by atoms with Crippen molar-refractivity contribution >= 4 is 11.7 Å². The highest BCUT2D eigenvalue weighted by molar-refractivity contribution is 6.99. The van der Waals surface area contributed by atoms with E-state index in [0.29, 0.717) is 12.0 Å². The predicted molar refractivity (Wildman–Crippen MR) is 68.4 cm³/mol. The molecule has 0 aliphatic heterocycles. The van der Waals surface area contributed by atoms with Crippen LogP contribution in [0.15, 0.2) is 24.4 Å². The summed E-state index contributed by atoms with van der Waals surface area (Å²) in [6.07, 6.45) is 2.20. The van der Waals surface area contributed by atoms with E-state index in [9.17, 15) is 4.39 Å². The molecule has 18 heavy (non-hydrogen) atoms. The van der Waals surface area contributed by atoms with E-state index < -0.39 is 0 Å². The fourth-order valence-corrected chi connectivity index (χ4v) is 2.24. The van der Waals surface area contributed by atoms with Crippen LogP contribution < -0.4 is 10.1 Å². The first-order valence-corrected chi connectivity index (χ1v) is 6.25. The number of hydrogen-bond donors (Lipinski definition) is 1. The lowest BCUT2D eigenvalue weighted by Crippen LogP contribution is -2.19. The van der Waals surface area contributed by atoms with Crippen molar-refractivity contribution in [1.82, 2.24) is 14.1 Å². The van der Waals surface area contributed by atoms with Gasteiger partial charge in [-0.25, -0.2) is 4.39 Å². The van der Waals surface area contributed by atoms with E-state index in [2.05, 4.69) is 14.1 Å². The van der Waals surface area contributed by atoms with Gasteiger partial charge in [0.1, 0.15) is 0 Å². The van der Waals surface area contributed by atoms with E-state index in [4.69, 9.17) is 4.74 Å². The molecule has 0 saturated carbocycles. The molecule has 0 aliphatic rings. The van der Waals surface area contributed by atoms with Crippen LogP contribution >= 0.6 is 11.7 Å². The molecule has 0 spiro atoms. The number of nitrogens with zero attached hydrogens (tertiary/aromatic N) is 2. The summed E-state index contributed by atoms with van der Waals surface area (Å²) in [4.78, 5) is 0. The van der Waals surface area contributed by atoms with Gasteiger partial charge in [0.25, 0.3) is 0 Å². The molecule has 0 amide bonds. The number of nitrogens with one attached hydrogen (secondary N) is 1. The first-order valence-electron chi connectivity index (χ1n) is 5.52. The summed E-state index contributed by atoms with van der Waals surface area (Å²) in [5.41, 5.74) is 1.42. The lowest BCUT2D eigenvalue weighted by molar-refractivity contribution is 0.382. The normalized spacial score (nSPS) is 12.4. The third kappa shape index (κ3) is 2.65. The smallest absolute Gasteiger partial charge is 0.168 e. The van der Waals surface area contributed by atoms with Gasteiger partial charge in [0, 0.05) is 0 Å². The highest BCUT2D eigenvalue weighted by Gasteiger charge is 2.16. The van der Waals surface area contributed by atoms with Gasteiger partial charge in [-0.3, -0.25) is 0 Å². The molecule has 1 aromatic carbocycles. The molecule has 1 atom stereocenters. The second-order valence-electron chi connectivity index (χ2n) is 3.81. The maximum absolute atomic E-state index is 14.0. The summed E-state index contributed by atoms with van der Waals surface area (Å²) in [7, 11) is 3.28. The van der Waals surface area contributed by atoms with Gasteiger partial charge in [-0.15, -0.1) is 0 Å². The fraction of sp³-hybridized carbons (Fsp3) is 0.333. The van der Waals surface area contributed by atoms with Gasteiger partial charge >= 0.3 is 0 Å². The molecule has 2 aromatic rings. The SMILES string of the molecule is CNC(Cc1cccc(OC)c1F)c1cnsn1. The molecule has 4 nitrogen and oxygen atoms in total. The minimum atomic E-state index is -0.316. The van der Waals surface area contributed by atoms with Gasteiger partial charge in [-0.2, -0.15) is 8.75 Å². The average Bonchev–Trinajstić information content (AvgIpc) is 2.91. The largest absolute Gasteiger partial charge is 0.494 e. The van der Waals surface area contributed by atoms with E-state index in [0.717, 1.165) is 17.4 Å². The monoisotopic (exact) mass is 267 g/mol. The number of likely N-dealkylation sites (N-methyl/N-ethyl adjacent to an activating group) is 1. The fourth-order valence-electron chi connectivity index (χ4n) is 1.77. The molecular weight excluding hydrogens is 253 g/mol. The Morgan fingerprint density at radius 3 is 2.94 bits per heavy atom. The van der Waals surface area contributed by atoms with Gasteiger partial charge in [0.05, 0.1) is 36.8 Å². The van der Waals surface area contributed by atoms with Crippen molar-refractivity contribution in [2.24, 2.45) is 0 Å². The molecule has 96 valence electrons. The van der Waals surface area contributed by atoms with Crippen molar-refractivity contribution < 1.29 is 9.13 Å². The summed E-state index contributed by atoms with van der Waals surface area (Å²) in [5.74, 6) is -0.0535. The summed E-state index contributed by atoms with van der Waals surface area (Å²) in [6.45, 7) is 0. The minimum Gasteiger partial charge on any atom is -0.494 e. The molecule has 0 bridgehead atoms. The average molecular weight is 267 g/mol. The Bertz CT molecular complexity index is 504. The third-order valence-electron chi connectivity index (χ3n) is 2.77. The molecule has 0 saturated heterocycles. The number of rotatable bonds is 5. The lowest BCUT2D eigenvalue weighted by Gasteiger charge is -2.14. The van der Waals surface area contributed by atoms with Crippen LogP contribution in [0.3, 0.4) is 0 Å². The lowest BCUT2D eigenvalue weighted by atomic mass is 10.0. The Kier molecular flexibility index (Phi) is 4.22. The Balaban J connectivity index is 2.22. The Hall–Kier alpha value is -1.53. The summed E-state index contributed by atoms with van der Waals surface area (Å²) in [5, 5.41) is 3.11. The van der Waals surface area contributed by atoms with E-state index in [1.807, 2.05) is 7.05 Å². The van der Waals surface area contributed by atoms with Gasteiger partial charge in [0.2, 0.25) is 0 Å². The molecule has 2 rings (SSSR count).